The molecule has 3 aromatic rings. The Morgan fingerprint density at radius 3 is 2.52 bits per heavy atom. The molecule has 0 radical (unpaired) electrons. The van der Waals surface area contributed by atoms with Gasteiger partial charge in [-0.2, -0.15) is 0 Å². The van der Waals surface area contributed by atoms with E-state index >= 15 is 0 Å². The second-order valence-electron chi connectivity index (χ2n) is 4.79. The summed E-state index contributed by atoms with van der Waals surface area (Å²) in [6, 6.07) is 13.1. The first-order valence-corrected chi connectivity index (χ1v) is 6.86. The molecule has 114 valence electrons. The van der Waals surface area contributed by atoms with Crippen LogP contribution >= 0.6 is 0 Å². The molecule has 0 saturated carbocycles. The van der Waals surface area contributed by atoms with Crippen molar-refractivity contribution >= 4 is 11.5 Å². The summed E-state index contributed by atoms with van der Waals surface area (Å²) in [5.74, 6) is 0.558. The minimum atomic E-state index is -0.420. The third-order valence-electron chi connectivity index (χ3n) is 3.26. The van der Waals surface area contributed by atoms with E-state index in [9.17, 15) is 4.39 Å². The normalized spacial score (nSPS) is 10.3. The summed E-state index contributed by atoms with van der Waals surface area (Å²) in [5, 5.41) is 6.10. The summed E-state index contributed by atoms with van der Waals surface area (Å²) in [7, 11) is 0. The molecule has 5 nitrogen and oxygen atoms in total. The van der Waals surface area contributed by atoms with Crippen molar-refractivity contribution in [3.05, 3.63) is 78.0 Å². The van der Waals surface area contributed by atoms with E-state index < -0.39 is 5.82 Å². The number of nitrogens with zero attached hydrogens (tertiary/aromatic N) is 2. The van der Waals surface area contributed by atoms with Crippen molar-refractivity contribution in [2.24, 2.45) is 0 Å². The van der Waals surface area contributed by atoms with E-state index in [1.165, 1.54) is 12.4 Å². The van der Waals surface area contributed by atoms with Gasteiger partial charge in [-0.25, -0.2) is 14.4 Å². The molecular weight excluding hydrogens is 295 g/mol. The van der Waals surface area contributed by atoms with E-state index in [1.807, 2.05) is 0 Å². The number of hydrogen-bond donors (Lipinski definition) is 2. The highest BCUT2D eigenvalue weighted by molar-refractivity contribution is 6.11. The zero-order valence-electron chi connectivity index (χ0n) is 12.1. The van der Waals surface area contributed by atoms with Crippen LogP contribution in [0.15, 0.2) is 61.1 Å². The van der Waals surface area contributed by atoms with Crippen molar-refractivity contribution < 1.29 is 14.5 Å². The second kappa shape index (κ2) is 6.23. The molecule has 0 saturated heterocycles. The number of ether oxygens (including phenoxy) is 1. The van der Waals surface area contributed by atoms with E-state index in [1.54, 1.807) is 48.7 Å². The molecule has 23 heavy (non-hydrogen) atoms. The van der Waals surface area contributed by atoms with Gasteiger partial charge in [0.05, 0.1) is 0 Å². The fourth-order valence-corrected chi connectivity index (χ4v) is 2.06. The van der Waals surface area contributed by atoms with Crippen LogP contribution in [0.5, 0.6) is 11.5 Å². The SMILES string of the molecule is Nc1ncncc1C(=[NH2+])c1ccc(Oc2ccccc2F)cc1. The van der Waals surface area contributed by atoms with Crippen molar-refractivity contribution in [2.75, 3.05) is 5.73 Å². The molecule has 2 aromatic carbocycles. The lowest BCUT2D eigenvalue weighted by atomic mass is 10.0. The standard InChI is InChI=1S/C17H13FN4O/c18-14-3-1-2-4-15(14)23-12-7-5-11(6-8-12)16(19)13-9-21-10-22-17(13)20/h1-10,19H,(H2,20,21,22)/p+1. The Labute approximate surface area is 132 Å². The third kappa shape index (κ3) is 3.16. The minimum Gasteiger partial charge on any atom is -0.454 e. The number of halogens is 1. The predicted molar refractivity (Wildman–Crippen MR) is 84.5 cm³/mol. The Hall–Kier alpha value is -3.28. The topological polar surface area (TPSA) is 86.6 Å². The fraction of sp³-hybridized carbons (Fsp3) is 0. The number of benzene rings is 2. The molecule has 0 bridgehead atoms. The van der Waals surface area contributed by atoms with Gasteiger partial charge in [-0.3, -0.25) is 5.41 Å². The Morgan fingerprint density at radius 1 is 1.09 bits per heavy atom. The largest absolute Gasteiger partial charge is 0.454 e. The molecule has 0 aliphatic rings. The highest BCUT2D eigenvalue weighted by atomic mass is 19.1. The van der Waals surface area contributed by atoms with Crippen LogP contribution in [-0.4, -0.2) is 15.7 Å². The maximum absolute atomic E-state index is 13.6. The lowest BCUT2D eigenvalue weighted by Gasteiger charge is -2.07. The van der Waals surface area contributed by atoms with Crippen molar-refractivity contribution in [2.45, 2.75) is 0 Å². The first-order valence-electron chi connectivity index (χ1n) is 6.86. The van der Waals surface area contributed by atoms with Crippen LogP contribution in [0.2, 0.25) is 0 Å². The first kappa shape index (κ1) is 14.6. The molecule has 0 amide bonds. The van der Waals surface area contributed by atoms with Gasteiger partial charge in [-0.05, 0) is 36.4 Å². The van der Waals surface area contributed by atoms with Crippen LogP contribution in [0.3, 0.4) is 0 Å². The summed E-state index contributed by atoms with van der Waals surface area (Å²) in [6.45, 7) is 0. The molecule has 0 aliphatic heterocycles. The fourth-order valence-electron chi connectivity index (χ4n) is 2.06. The van der Waals surface area contributed by atoms with Crippen LogP contribution in [0.25, 0.3) is 0 Å². The highest BCUT2D eigenvalue weighted by Crippen LogP contribution is 2.24. The van der Waals surface area contributed by atoms with E-state index in [4.69, 9.17) is 15.9 Å². The van der Waals surface area contributed by atoms with Gasteiger partial charge in [0.15, 0.2) is 11.6 Å². The van der Waals surface area contributed by atoms with Crippen LogP contribution < -0.4 is 15.9 Å². The van der Waals surface area contributed by atoms with Gasteiger partial charge < -0.3 is 10.5 Å². The van der Waals surface area contributed by atoms with Crippen LogP contribution in [0.1, 0.15) is 11.1 Å². The Bertz CT molecular complexity index is 849. The van der Waals surface area contributed by atoms with Crippen LogP contribution in [0, 0.1) is 5.82 Å². The number of anilines is 1. The average Bonchev–Trinajstić information content (AvgIpc) is 2.57. The first-order chi connectivity index (χ1) is 11.1. The summed E-state index contributed by atoms with van der Waals surface area (Å²) in [4.78, 5) is 7.83. The molecule has 3 rings (SSSR count). The lowest BCUT2D eigenvalue weighted by molar-refractivity contribution is -0.111. The summed E-state index contributed by atoms with van der Waals surface area (Å²) < 4.78 is 19.1. The van der Waals surface area contributed by atoms with Crippen LogP contribution in [0.4, 0.5) is 10.2 Å². The highest BCUT2D eigenvalue weighted by Gasteiger charge is 2.15. The monoisotopic (exact) mass is 309 g/mol. The molecule has 0 unspecified atom stereocenters. The Kier molecular flexibility index (Phi) is 3.97. The average molecular weight is 309 g/mol. The van der Waals surface area contributed by atoms with Gasteiger partial charge in [0, 0.05) is 11.8 Å². The second-order valence-corrected chi connectivity index (χ2v) is 4.79. The van der Waals surface area contributed by atoms with E-state index in [0.717, 1.165) is 5.56 Å². The Balaban J connectivity index is 1.81. The van der Waals surface area contributed by atoms with Gasteiger partial charge in [0.2, 0.25) is 5.71 Å². The van der Waals surface area contributed by atoms with Gasteiger partial charge in [0.25, 0.3) is 0 Å². The van der Waals surface area contributed by atoms with E-state index in [0.29, 0.717) is 22.8 Å². The molecular formula is C17H14FN4O+. The predicted octanol–water partition coefficient (Wildman–Crippen LogP) is 1.59. The molecule has 0 atom stereocenters. The lowest BCUT2D eigenvalue weighted by Crippen LogP contribution is -2.41. The molecule has 0 aliphatic carbocycles. The molecule has 1 heterocycles. The molecule has 0 fully saturated rings. The smallest absolute Gasteiger partial charge is 0.216 e. The van der Waals surface area contributed by atoms with Gasteiger partial charge >= 0.3 is 0 Å². The quantitative estimate of drug-likeness (QED) is 0.717. The summed E-state index contributed by atoms with van der Waals surface area (Å²) >= 11 is 0. The number of aromatic nitrogens is 2. The number of nitrogens with two attached hydrogens (primary N) is 2. The van der Waals surface area contributed by atoms with Crippen molar-refractivity contribution in [3.63, 3.8) is 0 Å². The zero-order valence-corrected chi connectivity index (χ0v) is 12.1. The number of para-hydroxylation sites is 1. The van der Waals surface area contributed by atoms with Gasteiger partial charge in [-0.15, -0.1) is 0 Å². The number of hydrogen-bond acceptors (Lipinski definition) is 4. The van der Waals surface area contributed by atoms with E-state index in [2.05, 4.69) is 9.97 Å². The maximum atomic E-state index is 13.6. The summed E-state index contributed by atoms with van der Waals surface area (Å²) in [6.07, 6.45) is 2.92. The van der Waals surface area contributed by atoms with Gasteiger partial charge in [-0.1, -0.05) is 12.1 Å². The third-order valence-corrected chi connectivity index (χ3v) is 3.26. The van der Waals surface area contributed by atoms with Gasteiger partial charge in [0.1, 0.15) is 23.5 Å². The van der Waals surface area contributed by atoms with Crippen molar-refractivity contribution in [1.82, 2.24) is 9.97 Å². The van der Waals surface area contributed by atoms with Crippen molar-refractivity contribution in [1.29, 1.82) is 0 Å². The number of rotatable bonds is 4. The molecule has 6 heteroatoms. The maximum Gasteiger partial charge on any atom is 0.216 e. The van der Waals surface area contributed by atoms with E-state index in [-0.39, 0.29) is 5.75 Å². The molecule has 0 spiro atoms. The Morgan fingerprint density at radius 2 is 1.83 bits per heavy atom. The van der Waals surface area contributed by atoms with Crippen LogP contribution in [-0.2, 0) is 0 Å². The zero-order chi connectivity index (χ0) is 16.2. The van der Waals surface area contributed by atoms with Crippen molar-refractivity contribution in [3.8, 4) is 11.5 Å². The summed E-state index contributed by atoms with van der Waals surface area (Å²) in [5.41, 5.74) is 7.56. The number of nitrogen functional groups attached to an aromatic ring is 1. The minimum absolute atomic E-state index is 0.165. The molecule has 1 aromatic heterocycles. The molecule has 4 N–H and O–H groups in total.